The second-order valence-corrected chi connectivity index (χ2v) is 8.16. The number of benzene rings is 1. The number of methoxy groups -OCH3 is 1. The number of ether oxygens (including phenoxy) is 2. The predicted molar refractivity (Wildman–Crippen MR) is 87.7 cm³/mol. The molecule has 0 saturated heterocycles. The first-order valence-corrected chi connectivity index (χ1v) is 10.0. The van der Waals surface area contributed by atoms with Gasteiger partial charge < -0.3 is 0 Å². The number of alkyl carbamates (subject to hydrolysis) is 1. The van der Waals surface area contributed by atoms with E-state index in [1.165, 1.54) is 7.11 Å². The van der Waals surface area contributed by atoms with Crippen molar-refractivity contribution in [3.63, 3.8) is 0 Å². The number of rotatable bonds is 6. The van der Waals surface area contributed by atoms with Crippen LogP contribution in [0.2, 0.25) is 0 Å². The van der Waals surface area contributed by atoms with E-state index in [1.807, 2.05) is 0 Å². The van der Waals surface area contributed by atoms with Gasteiger partial charge in [-0.25, -0.2) is 0 Å². The molecule has 134 valence electrons. The Morgan fingerprint density at radius 1 is 1.21 bits per heavy atom. The molecule has 0 heterocycles. The maximum absolute atomic E-state index is 11.9. The number of esters is 1. The molecule has 24 heavy (non-hydrogen) atoms. The summed E-state index contributed by atoms with van der Waals surface area (Å²) in [5.74, 6) is -0.577. The van der Waals surface area contributed by atoms with Crippen LogP contribution in [0.5, 0.6) is 0 Å². The molecule has 0 fully saturated rings. The summed E-state index contributed by atoms with van der Waals surface area (Å²) < 4.78 is 29.7. The number of carbonyl (C=O) groups is 2. The maximum atomic E-state index is 11.9. The van der Waals surface area contributed by atoms with Gasteiger partial charge in [0.15, 0.2) is 0 Å². The molecule has 0 bridgehead atoms. The van der Waals surface area contributed by atoms with Gasteiger partial charge in [0, 0.05) is 0 Å². The number of hydrogen-bond donors (Lipinski definition) is 2. The van der Waals surface area contributed by atoms with E-state index in [0.29, 0.717) is 0 Å². The molecule has 0 aliphatic rings. The molecule has 7 nitrogen and oxygen atoms in total. The van der Waals surface area contributed by atoms with E-state index in [-0.39, 0.29) is 11.7 Å². The number of amides is 1. The van der Waals surface area contributed by atoms with Crippen LogP contribution in [-0.4, -0.2) is 49.2 Å². The molecule has 2 atom stereocenters. The molecule has 1 unspecified atom stereocenters. The molecule has 0 aliphatic carbocycles. The Bertz CT molecular complexity index is 594. The first-order chi connectivity index (χ1) is 11.1. The van der Waals surface area contributed by atoms with Crippen molar-refractivity contribution in [2.24, 2.45) is 0 Å². The van der Waals surface area contributed by atoms with Gasteiger partial charge in [-0.3, -0.25) is 0 Å². The first-order valence-electron chi connectivity index (χ1n) is 7.33. The summed E-state index contributed by atoms with van der Waals surface area (Å²) in [4.78, 5) is 23.7. The second-order valence-electron chi connectivity index (χ2n) is 6.21. The molecule has 2 N–H and O–H groups in total. The van der Waals surface area contributed by atoms with Gasteiger partial charge in [-0.15, -0.1) is 0 Å². The van der Waals surface area contributed by atoms with Gasteiger partial charge in [-0.05, 0) is 0 Å². The van der Waals surface area contributed by atoms with Crippen LogP contribution in [0, 0.1) is 0 Å². The summed E-state index contributed by atoms with van der Waals surface area (Å²) in [6.45, 7) is 5.18. The summed E-state index contributed by atoms with van der Waals surface area (Å²) >= 11 is -2.78. The third-order valence-electron chi connectivity index (χ3n) is 2.93. The van der Waals surface area contributed by atoms with Crippen LogP contribution >= 0.6 is 0 Å². The van der Waals surface area contributed by atoms with Gasteiger partial charge in [-0.1, -0.05) is 0 Å². The van der Waals surface area contributed by atoms with Crippen LogP contribution in [0.25, 0.3) is 0 Å². The van der Waals surface area contributed by atoms with Crippen LogP contribution in [0.3, 0.4) is 0 Å². The van der Waals surface area contributed by atoms with Crippen LogP contribution in [-0.2, 0) is 29.8 Å². The normalized spacial score (nSPS) is 13.7. The van der Waals surface area contributed by atoms with Gasteiger partial charge in [-0.2, -0.15) is 0 Å². The van der Waals surface area contributed by atoms with Gasteiger partial charge in [0.05, 0.1) is 0 Å². The van der Waals surface area contributed by atoms with Crippen LogP contribution in [0.15, 0.2) is 24.3 Å². The Balaban J connectivity index is 2.77. The standard InChI is InChI=1S/C16H23NO6Se/c1-16(2,3)23-15(19)17-13(14(18)22-4)9-11-5-7-12(8-6-11)10-24(20)21/h5-8,13H,9-10H2,1-4H3,(H,17,19)(H,20,21)/t13-/m0/s1. The van der Waals surface area contributed by atoms with Gasteiger partial charge in [0.1, 0.15) is 0 Å². The number of nitrogens with one attached hydrogen (secondary N) is 1. The van der Waals surface area contributed by atoms with E-state index in [9.17, 15) is 13.4 Å². The molecule has 8 heteroatoms. The zero-order valence-corrected chi connectivity index (χ0v) is 15.9. The second kappa shape index (κ2) is 8.92. The summed E-state index contributed by atoms with van der Waals surface area (Å²) in [5, 5.41) is 2.64. The fourth-order valence-corrected chi connectivity index (χ4v) is 2.94. The van der Waals surface area contributed by atoms with Crippen molar-refractivity contribution < 1.29 is 27.1 Å². The quantitative estimate of drug-likeness (QED) is 0.547. The molecular formula is C16H23NO6Se. The predicted octanol–water partition coefficient (Wildman–Crippen LogP) is 1.29. The molecule has 0 radical (unpaired) electrons. The van der Waals surface area contributed by atoms with Gasteiger partial charge >= 0.3 is 145 Å². The zero-order chi connectivity index (χ0) is 18.3. The Kier molecular flexibility index (Phi) is 7.54. The Hall–Kier alpha value is -1.76. The molecule has 1 aromatic carbocycles. The van der Waals surface area contributed by atoms with Crippen molar-refractivity contribution in [3.8, 4) is 0 Å². The zero-order valence-electron chi connectivity index (χ0n) is 14.2. The van der Waals surface area contributed by atoms with Crippen molar-refractivity contribution in [1.29, 1.82) is 0 Å². The Morgan fingerprint density at radius 2 is 1.75 bits per heavy atom. The van der Waals surface area contributed by atoms with E-state index < -0.39 is 37.9 Å². The van der Waals surface area contributed by atoms with Crippen molar-refractivity contribution in [2.75, 3.05) is 7.11 Å². The molecule has 1 amide bonds. The summed E-state index contributed by atoms with van der Waals surface area (Å²) in [5.41, 5.74) is 0.858. The van der Waals surface area contributed by atoms with Crippen LogP contribution < -0.4 is 5.32 Å². The molecule has 0 aromatic heterocycles. The Morgan fingerprint density at radius 3 is 2.21 bits per heavy atom. The summed E-state index contributed by atoms with van der Waals surface area (Å²) in [7, 11) is 1.25. The minimum atomic E-state index is -2.78. The first kappa shape index (κ1) is 20.3. The summed E-state index contributed by atoms with van der Waals surface area (Å²) in [6.07, 6.45) is -0.475. The van der Waals surface area contributed by atoms with Crippen molar-refractivity contribution >= 4 is 26.2 Å². The van der Waals surface area contributed by atoms with E-state index in [2.05, 4.69) is 5.32 Å². The van der Waals surface area contributed by atoms with E-state index in [4.69, 9.17) is 13.7 Å². The minimum absolute atomic E-state index is 0.136. The van der Waals surface area contributed by atoms with Crippen LogP contribution in [0.1, 0.15) is 31.9 Å². The molecule has 0 saturated carbocycles. The molecule has 0 aliphatic heterocycles. The fraction of sp³-hybridized carbons (Fsp3) is 0.500. The number of carbonyl (C=O) groups excluding carboxylic acids is 2. The van der Waals surface area contributed by atoms with Crippen molar-refractivity contribution in [2.45, 2.75) is 44.2 Å². The summed E-state index contributed by atoms with van der Waals surface area (Å²) in [6, 6.07) is 6.06. The van der Waals surface area contributed by atoms with E-state index >= 15 is 0 Å². The fourth-order valence-electron chi connectivity index (χ4n) is 1.94. The van der Waals surface area contributed by atoms with Crippen LogP contribution in [0.4, 0.5) is 4.79 Å². The van der Waals surface area contributed by atoms with Crippen molar-refractivity contribution in [1.82, 2.24) is 5.32 Å². The van der Waals surface area contributed by atoms with E-state index in [0.717, 1.165) is 11.1 Å². The average molecular weight is 404 g/mol. The van der Waals surface area contributed by atoms with Gasteiger partial charge in [0.2, 0.25) is 0 Å². The molecule has 1 aromatic rings. The SMILES string of the molecule is COC(=O)[C@H](Cc1ccc(C[Se](=O)O)cc1)NC(=O)OC(C)(C)C. The van der Waals surface area contributed by atoms with Crippen molar-refractivity contribution in [3.05, 3.63) is 35.4 Å². The topological polar surface area (TPSA) is 102 Å². The average Bonchev–Trinajstić information content (AvgIpc) is 2.45. The number of hydrogen-bond acceptors (Lipinski definition) is 5. The molecule has 1 rings (SSSR count). The van der Waals surface area contributed by atoms with E-state index in [1.54, 1.807) is 45.0 Å². The third-order valence-corrected chi connectivity index (χ3v) is 4.15. The van der Waals surface area contributed by atoms with Gasteiger partial charge in [0.25, 0.3) is 0 Å². The Labute approximate surface area is 145 Å². The molecular weight excluding hydrogens is 381 g/mol. The third kappa shape index (κ3) is 7.68. The monoisotopic (exact) mass is 405 g/mol. The molecule has 0 spiro atoms.